The van der Waals surface area contributed by atoms with Crippen molar-refractivity contribution >= 4 is 29.9 Å². The molecule has 0 spiro atoms. The minimum Gasteiger partial charge on any atom is -0.454 e. The van der Waals surface area contributed by atoms with Crippen LogP contribution in [0.2, 0.25) is 0 Å². The summed E-state index contributed by atoms with van der Waals surface area (Å²) >= 11 is 0. The molecule has 3 heterocycles. The molecule has 28 heavy (non-hydrogen) atoms. The Labute approximate surface area is 182 Å². The maximum Gasteiger partial charge on any atom is 0.231 e. The molecule has 0 atom stereocenters. The lowest BCUT2D eigenvalue weighted by Gasteiger charge is -2.36. The van der Waals surface area contributed by atoms with Crippen LogP contribution in [0.4, 0.5) is 0 Å². The minimum atomic E-state index is 0. The van der Waals surface area contributed by atoms with E-state index in [-0.39, 0.29) is 24.0 Å². The molecule has 0 aliphatic carbocycles. The van der Waals surface area contributed by atoms with Crippen molar-refractivity contribution in [2.75, 3.05) is 40.0 Å². The predicted octanol–water partition coefficient (Wildman–Crippen LogP) is 1.66. The van der Waals surface area contributed by atoms with Gasteiger partial charge in [0.05, 0.1) is 12.2 Å². The van der Waals surface area contributed by atoms with E-state index in [0.717, 1.165) is 62.4 Å². The molecule has 0 radical (unpaired) electrons. The van der Waals surface area contributed by atoms with Gasteiger partial charge in [-0.2, -0.15) is 5.10 Å². The standard InChI is InChI=1S/C19H26N6O2.HI/c1-20-19(21-12-16-5-6-22-23(16)2)25-9-7-24(8-10-25)13-15-3-4-17-18(11-15)27-14-26-17;/h3-6,11H,7-10,12-14H2,1-2H3,(H,20,21);1H. The number of piperazine rings is 1. The number of aromatic nitrogens is 2. The molecule has 0 unspecified atom stereocenters. The summed E-state index contributed by atoms with van der Waals surface area (Å²) < 4.78 is 12.7. The highest BCUT2D eigenvalue weighted by Gasteiger charge is 2.21. The molecule has 2 aliphatic rings. The topological polar surface area (TPSA) is 67.2 Å². The van der Waals surface area contributed by atoms with Gasteiger partial charge in [0.25, 0.3) is 0 Å². The molecule has 2 aromatic rings. The number of guanidine groups is 1. The van der Waals surface area contributed by atoms with Crippen molar-refractivity contribution in [3.05, 3.63) is 41.7 Å². The highest BCUT2D eigenvalue weighted by molar-refractivity contribution is 14.0. The normalized spacial score (nSPS) is 16.8. The maximum atomic E-state index is 5.48. The molecule has 1 aromatic heterocycles. The van der Waals surface area contributed by atoms with Gasteiger partial charge in [-0.1, -0.05) is 6.07 Å². The third-order valence-corrected chi connectivity index (χ3v) is 5.08. The first kappa shape index (κ1) is 20.7. The zero-order valence-electron chi connectivity index (χ0n) is 16.3. The van der Waals surface area contributed by atoms with Crippen LogP contribution in [0.25, 0.3) is 0 Å². The Balaban J connectivity index is 0.00000225. The number of fused-ring (bicyclic) bond motifs is 1. The lowest BCUT2D eigenvalue weighted by atomic mass is 10.1. The van der Waals surface area contributed by atoms with Crippen LogP contribution in [0, 0.1) is 0 Å². The zero-order chi connectivity index (χ0) is 18.6. The third-order valence-electron chi connectivity index (χ3n) is 5.08. The third kappa shape index (κ3) is 4.69. The number of nitrogens with one attached hydrogen (secondary N) is 1. The van der Waals surface area contributed by atoms with Crippen LogP contribution in [-0.2, 0) is 20.1 Å². The number of hydrogen-bond donors (Lipinski definition) is 1. The monoisotopic (exact) mass is 498 g/mol. The Bertz CT molecular complexity index is 817. The summed E-state index contributed by atoms with van der Waals surface area (Å²) in [4.78, 5) is 9.21. The van der Waals surface area contributed by atoms with E-state index in [1.807, 2.05) is 37.1 Å². The van der Waals surface area contributed by atoms with E-state index in [1.54, 1.807) is 0 Å². The van der Waals surface area contributed by atoms with E-state index in [1.165, 1.54) is 5.56 Å². The van der Waals surface area contributed by atoms with E-state index in [4.69, 9.17) is 9.47 Å². The van der Waals surface area contributed by atoms with Crippen LogP contribution in [0.3, 0.4) is 0 Å². The van der Waals surface area contributed by atoms with Crippen molar-refractivity contribution in [3.8, 4) is 11.5 Å². The summed E-state index contributed by atoms with van der Waals surface area (Å²) in [5.41, 5.74) is 2.39. The quantitative estimate of drug-likeness (QED) is 0.393. The van der Waals surface area contributed by atoms with Crippen LogP contribution in [0.1, 0.15) is 11.3 Å². The van der Waals surface area contributed by atoms with Gasteiger partial charge in [0.2, 0.25) is 6.79 Å². The molecule has 4 rings (SSSR count). The number of rotatable bonds is 4. The molecular weight excluding hydrogens is 471 g/mol. The zero-order valence-corrected chi connectivity index (χ0v) is 18.6. The smallest absolute Gasteiger partial charge is 0.231 e. The fourth-order valence-corrected chi connectivity index (χ4v) is 3.49. The maximum absolute atomic E-state index is 5.48. The first-order valence-corrected chi connectivity index (χ1v) is 9.26. The van der Waals surface area contributed by atoms with Crippen molar-refractivity contribution < 1.29 is 9.47 Å². The van der Waals surface area contributed by atoms with Gasteiger partial charge < -0.3 is 19.7 Å². The SMILES string of the molecule is CN=C(NCc1ccnn1C)N1CCN(Cc2ccc3c(c2)OCO3)CC1.I. The van der Waals surface area contributed by atoms with E-state index in [2.05, 4.69) is 37.3 Å². The highest BCUT2D eigenvalue weighted by atomic mass is 127. The molecule has 152 valence electrons. The number of aliphatic imine (C=N–C) groups is 1. The van der Waals surface area contributed by atoms with Crippen LogP contribution >= 0.6 is 24.0 Å². The molecule has 1 saturated heterocycles. The number of ether oxygens (including phenoxy) is 2. The van der Waals surface area contributed by atoms with Gasteiger partial charge >= 0.3 is 0 Å². The number of halogens is 1. The fourth-order valence-electron chi connectivity index (χ4n) is 3.49. The average Bonchev–Trinajstić information content (AvgIpc) is 3.32. The molecule has 1 fully saturated rings. The van der Waals surface area contributed by atoms with Gasteiger partial charge in [-0.05, 0) is 23.8 Å². The van der Waals surface area contributed by atoms with Gasteiger partial charge in [0, 0.05) is 53.0 Å². The van der Waals surface area contributed by atoms with Gasteiger partial charge in [-0.3, -0.25) is 14.6 Å². The minimum absolute atomic E-state index is 0. The summed E-state index contributed by atoms with van der Waals surface area (Å²) in [5, 5.41) is 7.65. The van der Waals surface area contributed by atoms with E-state index >= 15 is 0 Å². The molecular formula is C19H27IN6O2. The molecule has 9 heteroatoms. The Morgan fingerprint density at radius 1 is 1.14 bits per heavy atom. The van der Waals surface area contributed by atoms with Gasteiger partial charge in [0.15, 0.2) is 17.5 Å². The molecule has 1 aromatic carbocycles. The summed E-state index contributed by atoms with van der Waals surface area (Å²) in [6, 6.07) is 8.22. The number of hydrogen-bond acceptors (Lipinski definition) is 5. The summed E-state index contributed by atoms with van der Waals surface area (Å²) in [6.45, 7) is 5.88. The molecule has 1 N–H and O–H groups in total. The van der Waals surface area contributed by atoms with Gasteiger partial charge in [0.1, 0.15) is 0 Å². The van der Waals surface area contributed by atoms with Crippen molar-refractivity contribution in [3.63, 3.8) is 0 Å². The number of nitrogens with zero attached hydrogens (tertiary/aromatic N) is 5. The van der Waals surface area contributed by atoms with Gasteiger partial charge in [-0.15, -0.1) is 24.0 Å². The summed E-state index contributed by atoms with van der Waals surface area (Å²) in [7, 11) is 3.79. The Morgan fingerprint density at radius 3 is 2.64 bits per heavy atom. The van der Waals surface area contributed by atoms with Crippen molar-refractivity contribution in [2.45, 2.75) is 13.1 Å². The van der Waals surface area contributed by atoms with Crippen LogP contribution < -0.4 is 14.8 Å². The van der Waals surface area contributed by atoms with Crippen molar-refractivity contribution in [2.24, 2.45) is 12.0 Å². The highest BCUT2D eigenvalue weighted by Crippen LogP contribution is 2.32. The first-order valence-electron chi connectivity index (χ1n) is 9.26. The van der Waals surface area contributed by atoms with Crippen LogP contribution in [0.15, 0.2) is 35.5 Å². The molecule has 0 bridgehead atoms. The van der Waals surface area contributed by atoms with Gasteiger partial charge in [-0.25, -0.2) is 0 Å². The average molecular weight is 498 g/mol. The second-order valence-electron chi connectivity index (χ2n) is 6.80. The molecule has 0 amide bonds. The Kier molecular flexibility index (Phi) is 7.00. The summed E-state index contributed by atoms with van der Waals surface area (Å²) in [6.07, 6.45) is 1.81. The van der Waals surface area contributed by atoms with Crippen molar-refractivity contribution in [1.82, 2.24) is 24.9 Å². The van der Waals surface area contributed by atoms with Crippen LogP contribution in [0.5, 0.6) is 11.5 Å². The predicted molar refractivity (Wildman–Crippen MR) is 118 cm³/mol. The second-order valence-corrected chi connectivity index (χ2v) is 6.80. The molecule has 2 aliphatic heterocycles. The first-order chi connectivity index (χ1) is 13.2. The lowest BCUT2D eigenvalue weighted by molar-refractivity contribution is 0.171. The van der Waals surface area contributed by atoms with E-state index < -0.39 is 0 Å². The van der Waals surface area contributed by atoms with E-state index in [0.29, 0.717) is 6.79 Å². The fraction of sp³-hybridized carbons (Fsp3) is 0.474. The molecule has 8 nitrogen and oxygen atoms in total. The Hall–Kier alpha value is -2.01. The Morgan fingerprint density at radius 2 is 1.93 bits per heavy atom. The van der Waals surface area contributed by atoms with Crippen molar-refractivity contribution in [1.29, 1.82) is 0 Å². The lowest BCUT2D eigenvalue weighted by Crippen LogP contribution is -2.52. The second kappa shape index (κ2) is 9.46. The van der Waals surface area contributed by atoms with Crippen LogP contribution in [-0.4, -0.2) is 65.6 Å². The summed E-state index contributed by atoms with van der Waals surface area (Å²) in [5.74, 6) is 2.64. The van der Waals surface area contributed by atoms with E-state index in [9.17, 15) is 0 Å². The molecule has 0 saturated carbocycles. The largest absolute Gasteiger partial charge is 0.454 e. The number of benzene rings is 1. The number of aryl methyl sites for hydroxylation is 1.